The van der Waals surface area contributed by atoms with Crippen molar-refractivity contribution in [1.82, 2.24) is 15.1 Å². The molecule has 0 spiro atoms. The van der Waals surface area contributed by atoms with Crippen molar-refractivity contribution in [2.24, 2.45) is 0 Å². The zero-order valence-electron chi connectivity index (χ0n) is 18.4. The minimum absolute atomic E-state index is 0.0609. The fourth-order valence-electron chi connectivity index (χ4n) is 3.69. The van der Waals surface area contributed by atoms with Gasteiger partial charge in [-0.15, -0.1) is 0 Å². The van der Waals surface area contributed by atoms with Crippen LogP contribution in [0.2, 0.25) is 5.02 Å². The van der Waals surface area contributed by atoms with Crippen molar-refractivity contribution in [2.45, 2.75) is 26.3 Å². The molecular weight excluding hydrogens is 428 g/mol. The maximum atomic E-state index is 12.8. The lowest BCUT2D eigenvalue weighted by Gasteiger charge is -2.35. The molecule has 1 aliphatic heterocycles. The van der Waals surface area contributed by atoms with E-state index in [0.29, 0.717) is 36.8 Å². The number of rotatable bonds is 7. The molecule has 2 aromatic rings. The number of nitrogens with zero attached hydrogens (tertiary/aromatic N) is 2. The second-order valence-corrected chi connectivity index (χ2v) is 8.30. The van der Waals surface area contributed by atoms with Crippen molar-refractivity contribution in [2.75, 3.05) is 38.0 Å². The number of piperazine rings is 1. The first-order valence-electron chi connectivity index (χ1n) is 10.8. The second kappa shape index (κ2) is 11.1. The van der Waals surface area contributed by atoms with E-state index in [1.807, 2.05) is 29.2 Å². The first-order chi connectivity index (χ1) is 15.4. The first kappa shape index (κ1) is 23.8. The zero-order valence-corrected chi connectivity index (χ0v) is 19.2. The fourth-order valence-corrected chi connectivity index (χ4v) is 3.81. The van der Waals surface area contributed by atoms with Crippen LogP contribution in [0, 0.1) is 0 Å². The summed E-state index contributed by atoms with van der Waals surface area (Å²) in [7, 11) is 0. The Kier molecular flexibility index (Phi) is 8.25. The van der Waals surface area contributed by atoms with Gasteiger partial charge in [0.15, 0.2) is 0 Å². The van der Waals surface area contributed by atoms with Crippen LogP contribution in [0.5, 0.6) is 0 Å². The number of carbonyl (C=O) groups is 3. The molecule has 170 valence electrons. The number of nitrogens with one attached hydrogen (secondary N) is 2. The SMILES string of the molecule is CCc1ccccc1NC(=O)CN1CCN(C(=O)C(C)NC(=O)c2ccc(Cl)cc2)CC1. The molecule has 2 aromatic carbocycles. The molecule has 1 atom stereocenters. The second-order valence-electron chi connectivity index (χ2n) is 7.86. The number of hydrogen-bond donors (Lipinski definition) is 2. The van der Waals surface area contributed by atoms with Gasteiger partial charge in [-0.3, -0.25) is 19.3 Å². The lowest BCUT2D eigenvalue weighted by Crippen LogP contribution is -2.55. The molecule has 32 heavy (non-hydrogen) atoms. The van der Waals surface area contributed by atoms with Crippen molar-refractivity contribution in [1.29, 1.82) is 0 Å². The van der Waals surface area contributed by atoms with Gasteiger partial charge in [-0.25, -0.2) is 0 Å². The van der Waals surface area contributed by atoms with Gasteiger partial charge in [0.2, 0.25) is 11.8 Å². The van der Waals surface area contributed by atoms with E-state index in [9.17, 15) is 14.4 Å². The van der Waals surface area contributed by atoms with Crippen LogP contribution in [0.25, 0.3) is 0 Å². The molecule has 0 radical (unpaired) electrons. The average molecular weight is 457 g/mol. The van der Waals surface area contributed by atoms with Crippen LogP contribution in [0.4, 0.5) is 5.69 Å². The third kappa shape index (κ3) is 6.31. The van der Waals surface area contributed by atoms with Crippen LogP contribution in [0.1, 0.15) is 29.8 Å². The quantitative estimate of drug-likeness (QED) is 0.671. The Labute approximate surface area is 193 Å². The number of hydrogen-bond acceptors (Lipinski definition) is 4. The van der Waals surface area contributed by atoms with E-state index < -0.39 is 6.04 Å². The third-order valence-corrected chi connectivity index (χ3v) is 5.80. The molecule has 8 heteroatoms. The van der Waals surface area contributed by atoms with Crippen molar-refractivity contribution >= 4 is 35.0 Å². The van der Waals surface area contributed by atoms with E-state index in [4.69, 9.17) is 11.6 Å². The maximum Gasteiger partial charge on any atom is 0.251 e. The first-order valence-corrected chi connectivity index (χ1v) is 11.2. The van der Waals surface area contributed by atoms with Gasteiger partial charge in [0, 0.05) is 42.5 Å². The summed E-state index contributed by atoms with van der Waals surface area (Å²) >= 11 is 5.85. The number of benzene rings is 2. The Morgan fingerprint density at radius 1 is 1.00 bits per heavy atom. The van der Waals surface area contributed by atoms with Gasteiger partial charge in [-0.1, -0.05) is 36.7 Å². The maximum absolute atomic E-state index is 12.8. The number of aryl methyl sites for hydroxylation is 1. The molecule has 0 bridgehead atoms. The largest absolute Gasteiger partial charge is 0.341 e. The molecule has 7 nitrogen and oxygen atoms in total. The summed E-state index contributed by atoms with van der Waals surface area (Å²) in [6.45, 7) is 6.25. The van der Waals surface area contributed by atoms with Crippen LogP contribution >= 0.6 is 11.6 Å². The van der Waals surface area contributed by atoms with Gasteiger partial charge in [0.1, 0.15) is 6.04 Å². The van der Waals surface area contributed by atoms with Crippen molar-refractivity contribution < 1.29 is 14.4 Å². The molecule has 0 aliphatic carbocycles. The van der Waals surface area contributed by atoms with Gasteiger partial charge >= 0.3 is 0 Å². The third-order valence-electron chi connectivity index (χ3n) is 5.55. The normalized spacial score (nSPS) is 15.2. The standard InChI is InChI=1S/C24H29ClN4O3/c1-3-18-6-4-5-7-21(18)27-22(30)16-28-12-14-29(15-13-28)24(32)17(2)26-23(31)19-8-10-20(25)11-9-19/h4-11,17H,3,12-16H2,1-2H3,(H,26,31)(H,27,30). The van der Waals surface area contributed by atoms with Crippen molar-refractivity contribution in [3.63, 3.8) is 0 Å². The number of para-hydroxylation sites is 1. The lowest BCUT2D eigenvalue weighted by molar-refractivity contribution is -0.134. The Morgan fingerprint density at radius 3 is 2.31 bits per heavy atom. The highest BCUT2D eigenvalue weighted by molar-refractivity contribution is 6.30. The van der Waals surface area contributed by atoms with Gasteiger partial charge < -0.3 is 15.5 Å². The van der Waals surface area contributed by atoms with E-state index in [-0.39, 0.29) is 24.3 Å². The predicted molar refractivity (Wildman–Crippen MR) is 126 cm³/mol. The van der Waals surface area contributed by atoms with E-state index in [1.54, 1.807) is 36.1 Å². The molecule has 3 rings (SSSR count). The van der Waals surface area contributed by atoms with Crippen LogP contribution < -0.4 is 10.6 Å². The Balaban J connectivity index is 1.45. The summed E-state index contributed by atoms with van der Waals surface area (Å²) in [6.07, 6.45) is 0.851. The van der Waals surface area contributed by atoms with Crippen LogP contribution in [0.15, 0.2) is 48.5 Å². The van der Waals surface area contributed by atoms with Crippen molar-refractivity contribution in [3.05, 3.63) is 64.7 Å². The highest BCUT2D eigenvalue weighted by Crippen LogP contribution is 2.15. The molecule has 3 amide bonds. The predicted octanol–water partition coefficient (Wildman–Crippen LogP) is 2.80. The van der Waals surface area contributed by atoms with E-state index in [1.165, 1.54) is 0 Å². The summed E-state index contributed by atoms with van der Waals surface area (Å²) in [4.78, 5) is 41.3. The van der Waals surface area contributed by atoms with E-state index in [2.05, 4.69) is 17.6 Å². The number of halogens is 1. The monoisotopic (exact) mass is 456 g/mol. The fraction of sp³-hybridized carbons (Fsp3) is 0.375. The summed E-state index contributed by atoms with van der Waals surface area (Å²) in [5, 5.41) is 6.28. The average Bonchev–Trinajstić information content (AvgIpc) is 2.79. The summed E-state index contributed by atoms with van der Waals surface area (Å²) in [6, 6.07) is 13.7. The van der Waals surface area contributed by atoms with Crippen LogP contribution in [0.3, 0.4) is 0 Å². The molecular formula is C24H29ClN4O3. The summed E-state index contributed by atoms with van der Waals surface area (Å²) < 4.78 is 0. The highest BCUT2D eigenvalue weighted by Gasteiger charge is 2.27. The molecule has 1 aliphatic rings. The van der Waals surface area contributed by atoms with Gasteiger partial charge in [-0.05, 0) is 49.2 Å². The van der Waals surface area contributed by atoms with Crippen LogP contribution in [-0.2, 0) is 16.0 Å². The Morgan fingerprint density at radius 2 is 1.66 bits per heavy atom. The molecule has 1 fully saturated rings. The summed E-state index contributed by atoms with van der Waals surface area (Å²) in [5.41, 5.74) is 2.40. The number of carbonyl (C=O) groups excluding carboxylic acids is 3. The van der Waals surface area contributed by atoms with Gasteiger partial charge in [0.05, 0.1) is 6.54 Å². The molecule has 1 saturated heterocycles. The Bertz CT molecular complexity index is 956. The lowest BCUT2D eigenvalue weighted by atomic mass is 10.1. The molecule has 0 aromatic heterocycles. The zero-order chi connectivity index (χ0) is 23.1. The van der Waals surface area contributed by atoms with E-state index in [0.717, 1.165) is 17.7 Å². The van der Waals surface area contributed by atoms with Crippen LogP contribution in [-0.4, -0.2) is 66.3 Å². The molecule has 2 N–H and O–H groups in total. The van der Waals surface area contributed by atoms with E-state index >= 15 is 0 Å². The Hall–Kier alpha value is -2.90. The smallest absolute Gasteiger partial charge is 0.251 e. The molecule has 0 saturated carbocycles. The number of anilines is 1. The minimum atomic E-state index is -0.640. The minimum Gasteiger partial charge on any atom is -0.341 e. The topological polar surface area (TPSA) is 81.8 Å². The number of amides is 3. The van der Waals surface area contributed by atoms with Gasteiger partial charge in [0.25, 0.3) is 5.91 Å². The highest BCUT2D eigenvalue weighted by atomic mass is 35.5. The van der Waals surface area contributed by atoms with Gasteiger partial charge in [-0.2, -0.15) is 0 Å². The summed E-state index contributed by atoms with van der Waals surface area (Å²) in [5.74, 6) is -0.507. The van der Waals surface area contributed by atoms with Crippen molar-refractivity contribution in [3.8, 4) is 0 Å². The molecule has 1 unspecified atom stereocenters. The molecule has 1 heterocycles.